The molecule has 4 atom stereocenters. The van der Waals surface area contributed by atoms with E-state index >= 15 is 0 Å². The SMILES string of the molecule is CC[C@@H](CS(=O)(=O)C(C)(C)C)N1C(=O)[C@@H](CC#N)O[C@H](c2cccc(Cl)c2)[C@H]1c1ccc(Cl)cc1. The summed E-state index contributed by atoms with van der Waals surface area (Å²) in [6, 6.07) is 15.0. The summed E-state index contributed by atoms with van der Waals surface area (Å²) >= 11 is 12.4. The minimum Gasteiger partial charge on any atom is -0.357 e. The van der Waals surface area contributed by atoms with Crippen molar-refractivity contribution in [1.29, 1.82) is 5.26 Å². The normalized spacial score (nSPS) is 22.0. The first-order valence-corrected chi connectivity index (χ1v) is 13.9. The molecule has 1 aliphatic rings. The fraction of sp³-hybridized carbons (Fsp3) is 0.462. The van der Waals surface area contributed by atoms with Crippen molar-refractivity contribution in [3.63, 3.8) is 0 Å². The Morgan fingerprint density at radius 1 is 1.09 bits per heavy atom. The van der Waals surface area contributed by atoms with Crippen LogP contribution in [0.4, 0.5) is 0 Å². The lowest BCUT2D eigenvalue weighted by Gasteiger charge is -2.48. The molecule has 1 saturated heterocycles. The van der Waals surface area contributed by atoms with E-state index in [4.69, 9.17) is 27.9 Å². The Labute approximate surface area is 217 Å². The van der Waals surface area contributed by atoms with Crippen LogP contribution in [0.2, 0.25) is 10.0 Å². The number of nitriles is 1. The number of amides is 1. The first kappa shape index (κ1) is 27.5. The number of hydrogen-bond donors (Lipinski definition) is 0. The molecule has 0 bridgehead atoms. The smallest absolute Gasteiger partial charge is 0.253 e. The summed E-state index contributed by atoms with van der Waals surface area (Å²) in [5.41, 5.74) is 1.47. The van der Waals surface area contributed by atoms with Gasteiger partial charge in [0.2, 0.25) is 0 Å². The average molecular weight is 538 g/mol. The summed E-state index contributed by atoms with van der Waals surface area (Å²) in [7, 11) is -3.55. The van der Waals surface area contributed by atoms with Crippen LogP contribution in [0.25, 0.3) is 0 Å². The van der Waals surface area contributed by atoms with Crippen LogP contribution in [0.15, 0.2) is 48.5 Å². The molecule has 0 aromatic heterocycles. The monoisotopic (exact) mass is 536 g/mol. The van der Waals surface area contributed by atoms with Crippen molar-refractivity contribution >= 4 is 38.9 Å². The van der Waals surface area contributed by atoms with E-state index in [1.54, 1.807) is 56.0 Å². The van der Waals surface area contributed by atoms with Crippen LogP contribution in [-0.4, -0.2) is 41.9 Å². The van der Waals surface area contributed by atoms with E-state index < -0.39 is 44.8 Å². The highest BCUT2D eigenvalue weighted by molar-refractivity contribution is 7.92. The van der Waals surface area contributed by atoms with Crippen LogP contribution in [0.3, 0.4) is 0 Å². The van der Waals surface area contributed by atoms with Crippen molar-refractivity contribution in [2.24, 2.45) is 0 Å². The molecule has 1 fully saturated rings. The van der Waals surface area contributed by atoms with E-state index in [2.05, 4.69) is 0 Å². The van der Waals surface area contributed by atoms with E-state index in [1.165, 1.54) is 0 Å². The van der Waals surface area contributed by atoms with Crippen LogP contribution in [-0.2, 0) is 19.4 Å². The Kier molecular flexibility index (Phi) is 8.54. The highest BCUT2D eigenvalue weighted by Gasteiger charge is 2.48. The van der Waals surface area contributed by atoms with Gasteiger partial charge in [0.15, 0.2) is 9.84 Å². The third-order valence-electron chi connectivity index (χ3n) is 6.30. The summed E-state index contributed by atoms with van der Waals surface area (Å²) in [4.78, 5) is 15.4. The Morgan fingerprint density at radius 3 is 2.29 bits per heavy atom. The maximum absolute atomic E-state index is 13.7. The molecule has 0 saturated carbocycles. The van der Waals surface area contributed by atoms with Crippen molar-refractivity contribution in [2.45, 2.75) is 69.6 Å². The molecule has 0 spiro atoms. The summed E-state index contributed by atoms with van der Waals surface area (Å²) < 4.78 is 31.7. The molecule has 2 aromatic rings. The molecule has 3 rings (SSSR count). The van der Waals surface area contributed by atoms with E-state index in [0.717, 1.165) is 11.1 Å². The summed E-state index contributed by atoms with van der Waals surface area (Å²) in [5.74, 6) is -0.606. The van der Waals surface area contributed by atoms with E-state index in [1.807, 2.05) is 31.2 Å². The second-order valence-corrected chi connectivity index (χ2v) is 13.3. The molecule has 1 heterocycles. The molecule has 35 heavy (non-hydrogen) atoms. The Morgan fingerprint density at radius 2 is 1.74 bits per heavy atom. The minimum absolute atomic E-state index is 0.151. The molecule has 0 N–H and O–H groups in total. The molecular formula is C26H30Cl2N2O4S. The quantitative estimate of drug-likeness (QED) is 0.438. The molecule has 0 unspecified atom stereocenters. The van der Waals surface area contributed by atoms with Gasteiger partial charge in [0.05, 0.1) is 29.0 Å². The molecule has 1 amide bonds. The zero-order valence-corrected chi connectivity index (χ0v) is 22.6. The van der Waals surface area contributed by atoms with Crippen LogP contribution in [0.5, 0.6) is 0 Å². The van der Waals surface area contributed by atoms with Crippen LogP contribution < -0.4 is 0 Å². The Bertz CT molecular complexity index is 1200. The maximum Gasteiger partial charge on any atom is 0.253 e. The number of carbonyl (C=O) groups excluding carboxylic acids is 1. The topological polar surface area (TPSA) is 87.5 Å². The summed E-state index contributed by atoms with van der Waals surface area (Å²) in [6.45, 7) is 6.82. The lowest BCUT2D eigenvalue weighted by Crippen LogP contribution is -2.56. The van der Waals surface area contributed by atoms with Gasteiger partial charge in [-0.25, -0.2) is 8.42 Å². The van der Waals surface area contributed by atoms with Crippen molar-refractivity contribution in [1.82, 2.24) is 4.90 Å². The van der Waals surface area contributed by atoms with Gasteiger partial charge in [-0.3, -0.25) is 4.79 Å². The predicted octanol–water partition coefficient (Wildman–Crippen LogP) is 5.91. The Balaban J connectivity index is 2.20. The molecule has 9 heteroatoms. The molecule has 1 aliphatic heterocycles. The van der Waals surface area contributed by atoms with Gasteiger partial charge in [0.1, 0.15) is 12.2 Å². The van der Waals surface area contributed by atoms with E-state index in [-0.39, 0.29) is 12.2 Å². The first-order valence-electron chi connectivity index (χ1n) is 11.5. The zero-order valence-electron chi connectivity index (χ0n) is 20.2. The third-order valence-corrected chi connectivity index (χ3v) is 9.48. The molecular weight excluding hydrogens is 507 g/mol. The number of hydrogen-bond acceptors (Lipinski definition) is 5. The van der Waals surface area contributed by atoms with Gasteiger partial charge in [-0.05, 0) is 62.6 Å². The second kappa shape index (κ2) is 10.9. The first-order chi connectivity index (χ1) is 16.4. The van der Waals surface area contributed by atoms with Crippen LogP contribution >= 0.6 is 23.2 Å². The second-order valence-electron chi connectivity index (χ2n) is 9.66. The lowest BCUT2D eigenvalue weighted by molar-refractivity contribution is -0.178. The van der Waals surface area contributed by atoms with Gasteiger partial charge in [0, 0.05) is 16.1 Å². The van der Waals surface area contributed by atoms with E-state index in [9.17, 15) is 18.5 Å². The third kappa shape index (κ3) is 6.00. The highest BCUT2D eigenvalue weighted by Crippen LogP contribution is 2.45. The van der Waals surface area contributed by atoms with Crippen LogP contribution in [0, 0.1) is 11.3 Å². The van der Waals surface area contributed by atoms with Crippen molar-refractivity contribution in [2.75, 3.05) is 5.75 Å². The highest BCUT2D eigenvalue weighted by atomic mass is 35.5. The van der Waals surface area contributed by atoms with Gasteiger partial charge < -0.3 is 9.64 Å². The molecule has 0 aliphatic carbocycles. The number of benzene rings is 2. The maximum atomic E-state index is 13.7. The summed E-state index contributed by atoms with van der Waals surface area (Å²) in [6.07, 6.45) is -1.44. The van der Waals surface area contributed by atoms with Gasteiger partial charge in [-0.1, -0.05) is 54.4 Å². The molecule has 2 aromatic carbocycles. The minimum atomic E-state index is -3.55. The lowest BCUT2D eigenvalue weighted by atomic mass is 9.90. The summed E-state index contributed by atoms with van der Waals surface area (Å²) in [5, 5.41) is 10.4. The molecule has 0 radical (unpaired) electrons. The fourth-order valence-corrected chi connectivity index (χ4v) is 5.95. The van der Waals surface area contributed by atoms with Gasteiger partial charge >= 0.3 is 0 Å². The number of rotatable bonds is 7. The predicted molar refractivity (Wildman–Crippen MR) is 138 cm³/mol. The van der Waals surface area contributed by atoms with Crippen LogP contribution in [0.1, 0.15) is 63.8 Å². The fourth-order valence-electron chi connectivity index (χ4n) is 4.22. The van der Waals surface area contributed by atoms with Gasteiger partial charge in [-0.2, -0.15) is 5.26 Å². The zero-order chi connectivity index (χ0) is 26.0. The molecule has 6 nitrogen and oxygen atoms in total. The number of morpholine rings is 1. The van der Waals surface area contributed by atoms with E-state index in [0.29, 0.717) is 16.5 Å². The average Bonchev–Trinajstić information content (AvgIpc) is 2.78. The number of carbonyl (C=O) groups is 1. The van der Waals surface area contributed by atoms with Crippen molar-refractivity contribution < 1.29 is 17.9 Å². The Hall–Kier alpha value is -2.11. The van der Waals surface area contributed by atoms with Gasteiger partial charge in [-0.15, -0.1) is 0 Å². The van der Waals surface area contributed by atoms with Gasteiger partial charge in [0.25, 0.3) is 5.91 Å². The number of ether oxygens (including phenoxy) is 1. The molecule has 188 valence electrons. The number of nitrogens with zero attached hydrogens (tertiary/aromatic N) is 2. The number of halogens is 2. The van der Waals surface area contributed by atoms with Crippen molar-refractivity contribution in [3.8, 4) is 6.07 Å². The number of sulfone groups is 1. The largest absolute Gasteiger partial charge is 0.357 e. The van der Waals surface area contributed by atoms with Crippen molar-refractivity contribution in [3.05, 3.63) is 69.7 Å². The standard InChI is InChI=1S/C26H30Cl2N2O4S/c1-5-21(16-35(32,33)26(2,3)4)30-23(17-9-11-19(27)12-10-17)24(18-7-6-8-20(28)15-18)34-22(13-14-29)25(30)31/h6-12,15,21-24H,5,13,16H2,1-4H3/t21-,22+,23+,24+/m0/s1.